The number of nitrogens with zero attached hydrogens (tertiary/aromatic N) is 2. The molecule has 5 nitrogen and oxygen atoms in total. The molecular weight excluding hydrogens is 341 g/mol. The fourth-order valence-corrected chi connectivity index (χ4v) is 3.01. The van der Waals surface area contributed by atoms with E-state index < -0.39 is 6.10 Å². The summed E-state index contributed by atoms with van der Waals surface area (Å²) in [4.78, 5) is 13.7. The largest absolute Gasteiger partial charge is 0.481 e. The molecule has 2 aromatic heterocycles. The number of benzene rings is 1. The first-order chi connectivity index (χ1) is 12.2. The topological polar surface area (TPSA) is 56.1 Å². The van der Waals surface area contributed by atoms with Crippen LogP contribution in [0.2, 0.25) is 0 Å². The van der Waals surface area contributed by atoms with E-state index in [-0.39, 0.29) is 11.7 Å². The average molecular weight is 359 g/mol. The van der Waals surface area contributed by atoms with Crippen LogP contribution in [-0.2, 0) is 11.3 Å². The average Bonchev–Trinajstić information content (AvgIpc) is 3.27. The van der Waals surface area contributed by atoms with Gasteiger partial charge in [-0.3, -0.25) is 4.79 Å². The summed E-state index contributed by atoms with van der Waals surface area (Å²) >= 11 is 1.63. The first-order valence-electron chi connectivity index (χ1n) is 7.93. The minimum Gasteiger partial charge on any atom is -0.481 e. The van der Waals surface area contributed by atoms with E-state index in [1.165, 1.54) is 24.3 Å². The van der Waals surface area contributed by atoms with Crippen LogP contribution in [0.5, 0.6) is 5.75 Å². The van der Waals surface area contributed by atoms with E-state index in [2.05, 4.69) is 10.4 Å². The van der Waals surface area contributed by atoms with Crippen molar-refractivity contribution in [1.29, 1.82) is 0 Å². The van der Waals surface area contributed by atoms with E-state index in [0.29, 0.717) is 24.5 Å². The second-order valence-corrected chi connectivity index (χ2v) is 6.44. The van der Waals surface area contributed by atoms with Crippen LogP contribution in [-0.4, -0.2) is 21.8 Å². The molecule has 1 unspecified atom stereocenters. The van der Waals surface area contributed by atoms with Crippen molar-refractivity contribution in [2.45, 2.75) is 26.0 Å². The summed E-state index contributed by atoms with van der Waals surface area (Å²) in [5, 5.41) is 9.10. The minimum atomic E-state index is -0.671. The molecule has 3 rings (SSSR count). The molecule has 2 heterocycles. The Labute approximate surface area is 149 Å². The summed E-state index contributed by atoms with van der Waals surface area (Å²) in [6.45, 7) is 2.45. The first kappa shape index (κ1) is 17.2. The molecule has 0 saturated carbocycles. The molecule has 0 fully saturated rings. The molecule has 0 saturated heterocycles. The highest BCUT2D eigenvalue weighted by Gasteiger charge is 2.20. The van der Waals surface area contributed by atoms with E-state index >= 15 is 0 Å². The third-order valence-corrected chi connectivity index (χ3v) is 4.47. The molecule has 0 bridgehead atoms. The van der Waals surface area contributed by atoms with Gasteiger partial charge in [-0.25, -0.2) is 9.07 Å². The highest BCUT2D eigenvalue weighted by molar-refractivity contribution is 7.09. The summed E-state index contributed by atoms with van der Waals surface area (Å²) in [5.74, 6) is 0.456. The number of nitrogens with one attached hydrogen (secondary N) is 1. The van der Waals surface area contributed by atoms with Gasteiger partial charge >= 0.3 is 0 Å². The fraction of sp³-hybridized carbons (Fsp3) is 0.222. The molecule has 7 heteroatoms. The molecule has 0 aliphatic carbocycles. The molecule has 0 spiro atoms. The number of anilines is 1. The van der Waals surface area contributed by atoms with Gasteiger partial charge in [0.2, 0.25) is 0 Å². The fourth-order valence-electron chi connectivity index (χ4n) is 2.32. The van der Waals surface area contributed by atoms with Gasteiger partial charge in [0.1, 0.15) is 17.4 Å². The van der Waals surface area contributed by atoms with Crippen molar-refractivity contribution in [1.82, 2.24) is 9.78 Å². The third kappa shape index (κ3) is 4.45. The van der Waals surface area contributed by atoms with Crippen LogP contribution in [0.4, 0.5) is 10.2 Å². The Kier molecular flexibility index (Phi) is 5.45. The predicted octanol–water partition coefficient (Wildman–Crippen LogP) is 3.93. The molecule has 25 heavy (non-hydrogen) atoms. The lowest BCUT2D eigenvalue weighted by Gasteiger charge is -2.17. The van der Waals surface area contributed by atoms with E-state index in [1.54, 1.807) is 28.3 Å². The number of carbonyl (C=O) groups excluding carboxylic acids is 1. The second kappa shape index (κ2) is 7.94. The monoisotopic (exact) mass is 359 g/mol. The maximum Gasteiger partial charge on any atom is 0.266 e. The normalized spacial score (nSPS) is 11.9. The van der Waals surface area contributed by atoms with Crippen LogP contribution in [0.15, 0.2) is 54.0 Å². The number of hydrogen-bond donors (Lipinski definition) is 1. The minimum absolute atomic E-state index is 0.264. The highest BCUT2D eigenvalue weighted by atomic mass is 32.1. The standard InChI is InChI=1S/C18H18FN3O2S/c1-2-16(24-14-7-5-13(19)6-8-14)18(23)21-17-9-10-20-22(17)12-15-4-3-11-25-15/h3-11,16H,2,12H2,1H3,(H,21,23). The van der Waals surface area contributed by atoms with Crippen molar-refractivity contribution >= 4 is 23.1 Å². The molecular formula is C18H18FN3O2S. The van der Waals surface area contributed by atoms with Crippen molar-refractivity contribution in [3.63, 3.8) is 0 Å². The first-order valence-corrected chi connectivity index (χ1v) is 8.81. The zero-order valence-electron chi connectivity index (χ0n) is 13.7. The number of hydrogen-bond acceptors (Lipinski definition) is 4. The van der Waals surface area contributed by atoms with Gasteiger partial charge in [-0.05, 0) is 42.1 Å². The van der Waals surface area contributed by atoms with Gasteiger partial charge in [0.15, 0.2) is 6.10 Å². The summed E-state index contributed by atoms with van der Waals surface area (Å²) in [6.07, 6.45) is 1.46. The van der Waals surface area contributed by atoms with Gasteiger partial charge in [-0.1, -0.05) is 13.0 Å². The Morgan fingerprint density at radius 2 is 2.12 bits per heavy atom. The molecule has 1 amide bonds. The summed E-state index contributed by atoms with van der Waals surface area (Å²) in [7, 11) is 0. The van der Waals surface area contributed by atoms with Gasteiger partial charge in [0.25, 0.3) is 5.91 Å². The number of carbonyl (C=O) groups is 1. The Balaban J connectivity index is 1.66. The lowest BCUT2D eigenvalue weighted by Crippen LogP contribution is -2.33. The van der Waals surface area contributed by atoms with E-state index in [4.69, 9.17) is 4.74 Å². The second-order valence-electron chi connectivity index (χ2n) is 5.41. The summed E-state index contributed by atoms with van der Waals surface area (Å²) in [5.41, 5.74) is 0. The number of rotatable bonds is 7. The molecule has 3 aromatic rings. The maximum absolute atomic E-state index is 13.0. The van der Waals surface area contributed by atoms with Crippen LogP contribution in [0.25, 0.3) is 0 Å². The van der Waals surface area contributed by atoms with Crippen molar-refractivity contribution in [2.75, 3.05) is 5.32 Å². The Morgan fingerprint density at radius 3 is 2.80 bits per heavy atom. The van der Waals surface area contributed by atoms with Gasteiger partial charge in [0.05, 0.1) is 12.7 Å². The van der Waals surface area contributed by atoms with Gasteiger partial charge < -0.3 is 10.1 Å². The Morgan fingerprint density at radius 1 is 1.32 bits per heavy atom. The van der Waals surface area contributed by atoms with Crippen LogP contribution in [0.3, 0.4) is 0 Å². The summed E-state index contributed by atoms with van der Waals surface area (Å²) in [6, 6.07) is 11.4. The summed E-state index contributed by atoms with van der Waals surface area (Å²) < 4.78 is 20.4. The Bertz CT molecular complexity index is 815. The molecule has 0 aliphatic rings. The highest BCUT2D eigenvalue weighted by Crippen LogP contribution is 2.17. The lowest BCUT2D eigenvalue weighted by molar-refractivity contribution is -0.122. The molecule has 1 N–H and O–H groups in total. The van der Waals surface area contributed by atoms with Crippen molar-refractivity contribution < 1.29 is 13.9 Å². The van der Waals surface area contributed by atoms with Crippen LogP contribution >= 0.6 is 11.3 Å². The van der Waals surface area contributed by atoms with Crippen molar-refractivity contribution in [3.8, 4) is 5.75 Å². The number of ether oxygens (including phenoxy) is 1. The lowest BCUT2D eigenvalue weighted by atomic mass is 10.2. The number of halogens is 1. The van der Waals surface area contributed by atoms with Crippen molar-refractivity contribution in [2.24, 2.45) is 0 Å². The van der Waals surface area contributed by atoms with Gasteiger partial charge in [-0.15, -0.1) is 11.3 Å². The zero-order valence-corrected chi connectivity index (χ0v) is 14.5. The van der Waals surface area contributed by atoms with Crippen molar-refractivity contribution in [3.05, 3.63) is 64.7 Å². The van der Waals surface area contributed by atoms with Gasteiger partial charge in [0, 0.05) is 10.9 Å². The maximum atomic E-state index is 13.0. The number of thiophene rings is 1. The number of amides is 1. The quantitative estimate of drug-likeness (QED) is 0.695. The van der Waals surface area contributed by atoms with Gasteiger partial charge in [-0.2, -0.15) is 5.10 Å². The third-order valence-electron chi connectivity index (χ3n) is 3.61. The Hall–Kier alpha value is -2.67. The smallest absolute Gasteiger partial charge is 0.266 e. The van der Waals surface area contributed by atoms with Crippen LogP contribution in [0.1, 0.15) is 18.2 Å². The molecule has 0 radical (unpaired) electrons. The molecule has 130 valence electrons. The van der Waals surface area contributed by atoms with E-state index in [0.717, 1.165) is 4.88 Å². The molecule has 0 aliphatic heterocycles. The zero-order chi connectivity index (χ0) is 17.6. The predicted molar refractivity (Wildman–Crippen MR) is 95.4 cm³/mol. The van der Waals surface area contributed by atoms with Crippen LogP contribution in [0, 0.1) is 5.82 Å². The molecule has 1 atom stereocenters. The van der Waals surface area contributed by atoms with Crippen LogP contribution < -0.4 is 10.1 Å². The SMILES string of the molecule is CCC(Oc1ccc(F)cc1)C(=O)Nc1ccnn1Cc1cccs1. The van der Waals surface area contributed by atoms with E-state index in [1.807, 2.05) is 24.4 Å². The number of aromatic nitrogens is 2. The molecule has 1 aromatic carbocycles. The van der Waals surface area contributed by atoms with E-state index in [9.17, 15) is 9.18 Å².